The summed E-state index contributed by atoms with van der Waals surface area (Å²) in [5.41, 5.74) is 0. The highest BCUT2D eigenvalue weighted by atomic mass is 32.1. The van der Waals surface area contributed by atoms with E-state index in [0.29, 0.717) is 5.78 Å². The van der Waals surface area contributed by atoms with Gasteiger partial charge in [-0.3, -0.25) is 4.79 Å². The maximum atomic E-state index is 11.7. The van der Waals surface area contributed by atoms with E-state index < -0.39 is 0 Å². The van der Waals surface area contributed by atoms with Crippen LogP contribution in [0.4, 0.5) is 4.39 Å². The van der Waals surface area contributed by atoms with Crippen molar-refractivity contribution in [3.05, 3.63) is 22.6 Å². The van der Waals surface area contributed by atoms with E-state index in [-0.39, 0.29) is 11.9 Å². The Balaban J connectivity index is 0.000000162. The Hall–Kier alpha value is -0.740. The molecule has 15 heavy (non-hydrogen) atoms. The lowest BCUT2D eigenvalue weighted by Crippen LogP contribution is -2.36. The van der Waals surface area contributed by atoms with Crippen LogP contribution in [0.2, 0.25) is 0 Å². The molecule has 1 aliphatic rings. The Morgan fingerprint density at radius 3 is 2.67 bits per heavy atom. The van der Waals surface area contributed by atoms with Crippen LogP contribution in [0.15, 0.2) is 16.8 Å². The highest BCUT2D eigenvalue weighted by Crippen LogP contribution is 2.13. The maximum Gasteiger partial charge on any atom is 0.149 e. The standard InChI is InChI=1S/C7H13NO.C4H3FS/c1-8-6-4-2-3-5-7(6)9;5-4-1-2-6-3-4/h6,8H,2-5H2,1H3;1-3H. The summed E-state index contributed by atoms with van der Waals surface area (Å²) in [5.74, 6) is 0.253. The van der Waals surface area contributed by atoms with Crippen molar-refractivity contribution < 1.29 is 9.18 Å². The van der Waals surface area contributed by atoms with Crippen molar-refractivity contribution in [3.63, 3.8) is 0 Å². The van der Waals surface area contributed by atoms with Crippen molar-refractivity contribution in [1.82, 2.24) is 5.32 Å². The van der Waals surface area contributed by atoms with Gasteiger partial charge in [0, 0.05) is 11.8 Å². The average Bonchev–Trinajstić information content (AvgIpc) is 2.71. The quantitative estimate of drug-likeness (QED) is 0.802. The van der Waals surface area contributed by atoms with E-state index in [1.165, 1.54) is 29.2 Å². The number of rotatable bonds is 1. The molecule has 1 saturated carbocycles. The van der Waals surface area contributed by atoms with Gasteiger partial charge >= 0.3 is 0 Å². The Labute approximate surface area is 93.5 Å². The van der Waals surface area contributed by atoms with Gasteiger partial charge in [0.1, 0.15) is 11.6 Å². The zero-order valence-corrected chi connectivity index (χ0v) is 9.65. The Morgan fingerprint density at radius 1 is 1.53 bits per heavy atom. The van der Waals surface area contributed by atoms with E-state index in [4.69, 9.17) is 0 Å². The minimum absolute atomic E-state index is 0.139. The van der Waals surface area contributed by atoms with Gasteiger partial charge in [-0.2, -0.15) is 0 Å². The number of thiophene rings is 1. The van der Waals surface area contributed by atoms with Crippen LogP contribution in [0.5, 0.6) is 0 Å². The molecule has 0 radical (unpaired) electrons. The fraction of sp³-hybridized carbons (Fsp3) is 0.545. The highest BCUT2D eigenvalue weighted by Gasteiger charge is 2.19. The topological polar surface area (TPSA) is 29.1 Å². The van der Waals surface area contributed by atoms with Crippen molar-refractivity contribution >= 4 is 17.1 Å². The lowest BCUT2D eigenvalue weighted by atomic mass is 9.94. The third kappa shape index (κ3) is 4.53. The second-order valence-electron chi connectivity index (χ2n) is 3.49. The molecular weight excluding hydrogens is 213 g/mol. The molecule has 0 saturated heterocycles. The van der Waals surface area contributed by atoms with Gasteiger partial charge in [-0.05, 0) is 31.3 Å². The zero-order chi connectivity index (χ0) is 11.1. The van der Waals surface area contributed by atoms with Crippen molar-refractivity contribution in [2.45, 2.75) is 31.7 Å². The number of nitrogens with one attached hydrogen (secondary N) is 1. The van der Waals surface area contributed by atoms with Crippen LogP contribution in [-0.4, -0.2) is 18.9 Å². The van der Waals surface area contributed by atoms with Crippen molar-refractivity contribution in [3.8, 4) is 0 Å². The van der Waals surface area contributed by atoms with Gasteiger partial charge in [-0.15, -0.1) is 11.3 Å². The molecule has 1 unspecified atom stereocenters. The molecule has 1 aromatic heterocycles. The number of carbonyl (C=O) groups excluding carboxylic acids is 1. The van der Waals surface area contributed by atoms with Crippen LogP contribution in [0.25, 0.3) is 0 Å². The third-order valence-corrected chi connectivity index (χ3v) is 3.04. The number of ketones is 1. The van der Waals surface area contributed by atoms with Gasteiger partial charge in [0.15, 0.2) is 0 Å². The summed E-state index contributed by atoms with van der Waals surface area (Å²) in [6.45, 7) is 0. The summed E-state index contributed by atoms with van der Waals surface area (Å²) < 4.78 is 11.7. The van der Waals surface area contributed by atoms with Crippen molar-refractivity contribution in [2.75, 3.05) is 7.05 Å². The summed E-state index contributed by atoms with van der Waals surface area (Å²) in [5, 5.41) is 6.17. The van der Waals surface area contributed by atoms with Crippen LogP contribution < -0.4 is 5.32 Å². The van der Waals surface area contributed by atoms with Crippen LogP contribution in [0.1, 0.15) is 25.7 Å². The highest BCUT2D eigenvalue weighted by molar-refractivity contribution is 7.07. The van der Waals surface area contributed by atoms with Crippen molar-refractivity contribution in [2.24, 2.45) is 0 Å². The number of likely N-dealkylation sites (N-methyl/N-ethyl adjacent to an activating group) is 1. The van der Waals surface area contributed by atoms with Gasteiger partial charge in [-0.1, -0.05) is 6.42 Å². The van der Waals surface area contributed by atoms with E-state index in [0.717, 1.165) is 19.3 Å². The lowest BCUT2D eigenvalue weighted by molar-refractivity contribution is -0.122. The normalized spacial score (nSPS) is 20.7. The molecule has 1 N–H and O–H groups in total. The first-order valence-corrected chi connectivity index (χ1v) is 6.06. The zero-order valence-electron chi connectivity index (χ0n) is 8.83. The first kappa shape index (κ1) is 12.3. The molecule has 0 aromatic carbocycles. The SMILES string of the molecule is CNC1CCCCC1=O.Fc1ccsc1. The second-order valence-corrected chi connectivity index (χ2v) is 4.27. The van der Waals surface area contributed by atoms with Crippen LogP contribution in [0, 0.1) is 5.82 Å². The predicted molar refractivity (Wildman–Crippen MR) is 60.6 cm³/mol. The monoisotopic (exact) mass is 229 g/mol. The molecule has 0 spiro atoms. The molecule has 4 heteroatoms. The van der Waals surface area contributed by atoms with E-state index in [1.54, 1.807) is 5.38 Å². The molecule has 2 rings (SSSR count). The summed E-state index contributed by atoms with van der Waals surface area (Å²) in [4.78, 5) is 11.0. The molecule has 1 aliphatic carbocycles. The van der Waals surface area contributed by atoms with Gasteiger partial charge in [0.2, 0.25) is 0 Å². The molecule has 84 valence electrons. The molecule has 0 bridgehead atoms. The summed E-state index contributed by atoms with van der Waals surface area (Å²) in [7, 11) is 1.86. The molecule has 1 atom stereocenters. The minimum atomic E-state index is -0.139. The molecule has 1 aromatic rings. The fourth-order valence-electron chi connectivity index (χ4n) is 1.54. The number of halogens is 1. The van der Waals surface area contributed by atoms with Gasteiger partial charge in [0.25, 0.3) is 0 Å². The van der Waals surface area contributed by atoms with Crippen molar-refractivity contribution in [1.29, 1.82) is 0 Å². The molecule has 0 amide bonds. The smallest absolute Gasteiger partial charge is 0.149 e. The van der Waals surface area contributed by atoms with E-state index in [2.05, 4.69) is 5.32 Å². The lowest BCUT2D eigenvalue weighted by Gasteiger charge is -2.18. The number of carbonyl (C=O) groups is 1. The molecule has 1 heterocycles. The number of Topliss-reactive ketones (excluding diaryl/α,β-unsaturated/α-hetero) is 1. The Kier molecular flexibility index (Phi) is 5.50. The third-order valence-electron chi connectivity index (χ3n) is 2.39. The Bertz CT molecular complexity index is 287. The summed E-state index contributed by atoms with van der Waals surface area (Å²) >= 11 is 1.36. The predicted octanol–water partition coefficient (Wildman–Crippen LogP) is 2.60. The van der Waals surface area contributed by atoms with E-state index in [1.807, 2.05) is 7.05 Å². The second kappa shape index (κ2) is 6.69. The van der Waals surface area contributed by atoms with Crippen LogP contribution >= 0.6 is 11.3 Å². The fourth-order valence-corrected chi connectivity index (χ4v) is 2.03. The maximum absolute atomic E-state index is 11.7. The van der Waals surface area contributed by atoms with Gasteiger partial charge < -0.3 is 5.32 Å². The molecular formula is C11H16FNOS. The van der Waals surface area contributed by atoms with E-state index >= 15 is 0 Å². The number of hydrogen-bond acceptors (Lipinski definition) is 3. The Morgan fingerprint density at radius 2 is 2.33 bits per heavy atom. The number of hydrogen-bond donors (Lipinski definition) is 1. The minimum Gasteiger partial charge on any atom is -0.311 e. The summed E-state index contributed by atoms with van der Waals surface area (Å²) in [6.07, 6.45) is 4.12. The largest absolute Gasteiger partial charge is 0.311 e. The molecule has 0 aliphatic heterocycles. The summed E-state index contributed by atoms with van der Waals surface area (Å²) in [6, 6.07) is 1.60. The average molecular weight is 229 g/mol. The van der Waals surface area contributed by atoms with Gasteiger partial charge in [-0.25, -0.2) is 4.39 Å². The first-order chi connectivity index (χ1) is 7.24. The first-order valence-electron chi connectivity index (χ1n) is 5.11. The van der Waals surface area contributed by atoms with E-state index in [9.17, 15) is 9.18 Å². The molecule has 1 fully saturated rings. The van der Waals surface area contributed by atoms with Crippen LogP contribution in [-0.2, 0) is 4.79 Å². The van der Waals surface area contributed by atoms with Gasteiger partial charge in [0.05, 0.1) is 6.04 Å². The van der Waals surface area contributed by atoms with Crippen LogP contribution in [0.3, 0.4) is 0 Å². The molecule has 2 nitrogen and oxygen atoms in total.